The number of thiazole rings is 2. The summed E-state index contributed by atoms with van der Waals surface area (Å²) in [6.45, 7) is 40.5. The molecule has 3 aromatic rings. The minimum atomic E-state index is -2.03. The fraction of sp³-hybridized carbons (Fsp3) is 0.850. The number of unbranched alkanes of at least 4 members (excludes halogenated alkanes) is 36. The fourth-order valence-electron chi connectivity index (χ4n) is 18.4. The van der Waals surface area contributed by atoms with Crippen molar-refractivity contribution in [3.05, 3.63) is 34.6 Å². The number of benzene rings is 1. The number of hydrogen-bond acceptors (Lipinski definition) is 4. The second-order valence-corrected chi connectivity index (χ2v) is 45.4. The lowest BCUT2D eigenvalue weighted by Crippen LogP contribution is -2.55. The summed E-state index contributed by atoms with van der Waals surface area (Å²) in [5.74, 6) is 0. The van der Waals surface area contributed by atoms with Gasteiger partial charge in [-0.1, -0.05) is 368 Å². The summed E-state index contributed by atoms with van der Waals surface area (Å²) < 4.78 is 3.18. The van der Waals surface area contributed by atoms with Gasteiger partial charge < -0.3 is 0 Å². The van der Waals surface area contributed by atoms with Gasteiger partial charge in [-0.3, -0.25) is 0 Å². The van der Waals surface area contributed by atoms with Gasteiger partial charge in [0.15, 0.2) is 0 Å². The van der Waals surface area contributed by atoms with Crippen molar-refractivity contribution in [1.29, 1.82) is 0 Å². The SMILES string of the molecule is CCCCCCCCCCCCC1(CCCCCCCCCCCC)c2cc3c(cc2-c2sc([Si](C(C)C)(C(C)C)C(C)C)nc21)C(CCCCCCCCCCCC)(CCCCCCCCCCCC)c1nc([Si](C(C)C)(C(C)C)C(C)C)sc1-3. The lowest BCUT2D eigenvalue weighted by Gasteiger charge is -2.41. The van der Waals surface area contributed by atoms with Crippen molar-refractivity contribution >= 4 is 48.1 Å². The van der Waals surface area contributed by atoms with Crippen LogP contribution in [0.15, 0.2) is 12.1 Å². The van der Waals surface area contributed by atoms with Gasteiger partial charge in [-0.15, -0.1) is 22.7 Å². The van der Waals surface area contributed by atoms with Crippen LogP contribution in [0.3, 0.4) is 0 Å². The van der Waals surface area contributed by atoms with E-state index in [2.05, 4.69) is 146 Å². The highest BCUT2D eigenvalue weighted by atomic mass is 32.1. The highest BCUT2D eigenvalue weighted by Gasteiger charge is 2.55. The molecule has 0 fully saturated rings. The summed E-state index contributed by atoms with van der Waals surface area (Å²) in [7, 11) is -4.06. The molecule has 5 rings (SSSR count). The minimum absolute atomic E-state index is 0.0296. The second-order valence-electron chi connectivity index (χ2n) is 31.0. The Hall–Kier alpha value is -1.09. The Bertz CT molecular complexity index is 2030. The Kier molecular flexibility index (Phi) is 34.7. The molecule has 0 saturated heterocycles. The average molecular weight is 1250 g/mol. The highest BCUT2D eigenvalue weighted by molar-refractivity contribution is 7.30. The molecule has 0 radical (unpaired) electrons. The standard InChI is InChI=1S/C80H144N2S2Si2/c1-17-21-25-29-33-37-41-45-49-53-57-79(58-54-50-46-42-38-34-30-26-22-18-2)71-61-70-72(62-69(71)73-75(79)81-77(83-73)85(63(5)6,64(7)8)65(9)10)80(59-55-51-47-43-39-35-31-27-23-19-3,60-56-52-48-44-40-36-32-28-24-20-4)76-74(70)84-78(82-76)86(66(11)12,67(13)14)68(15)16/h61-68H,17-60H2,1-16H3. The minimum Gasteiger partial charge on any atom is -0.250 e. The van der Waals surface area contributed by atoms with Gasteiger partial charge in [-0.2, -0.15) is 0 Å². The molecule has 2 aliphatic carbocycles. The quantitative estimate of drug-likeness (QED) is 0.0416. The van der Waals surface area contributed by atoms with Crippen molar-refractivity contribution in [3.8, 4) is 20.9 Å². The monoisotopic (exact) mass is 1250 g/mol. The second kappa shape index (κ2) is 39.5. The van der Waals surface area contributed by atoms with Crippen LogP contribution >= 0.6 is 22.7 Å². The number of fused-ring (bicyclic) bond motifs is 6. The first-order chi connectivity index (χ1) is 41.5. The maximum absolute atomic E-state index is 6.39. The molecule has 2 aliphatic rings. The molecule has 0 spiro atoms. The molecule has 0 N–H and O–H groups in total. The Balaban J connectivity index is 1.71. The van der Waals surface area contributed by atoms with Crippen LogP contribution in [0.5, 0.6) is 0 Å². The molecule has 2 nitrogen and oxygen atoms in total. The molecule has 0 unspecified atom stereocenters. The lowest BCUT2D eigenvalue weighted by molar-refractivity contribution is 0.387. The number of hydrogen-bond donors (Lipinski definition) is 0. The topological polar surface area (TPSA) is 25.8 Å². The first kappa shape index (κ1) is 75.6. The molecule has 0 amide bonds. The Morgan fingerprint density at radius 3 is 0.663 bits per heavy atom. The predicted molar refractivity (Wildman–Crippen MR) is 397 cm³/mol. The van der Waals surface area contributed by atoms with Crippen molar-refractivity contribution < 1.29 is 0 Å². The van der Waals surface area contributed by atoms with Crippen molar-refractivity contribution in [2.45, 2.75) is 437 Å². The van der Waals surface area contributed by atoms with E-state index in [-0.39, 0.29) is 10.8 Å². The van der Waals surface area contributed by atoms with E-state index >= 15 is 0 Å². The van der Waals surface area contributed by atoms with Crippen molar-refractivity contribution in [2.75, 3.05) is 0 Å². The smallest absolute Gasteiger partial charge is 0.131 e. The maximum Gasteiger partial charge on any atom is 0.131 e. The van der Waals surface area contributed by atoms with Crippen molar-refractivity contribution in [2.24, 2.45) is 0 Å². The van der Waals surface area contributed by atoms with Gasteiger partial charge in [-0.25, -0.2) is 9.97 Å². The van der Waals surface area contributed by atoms with Crippen LogP contribution in [0.1, 0.15) is 416 Å². The number of nitrogens with zero attached hydrogens (tertiary/aromatic N) is 2. The molecule has 2 heterocycles. The highest BCUT2D eigenvalue weighted by Crippen LogP contribution is 2.63. The van der Waals surface area contributed by atoms with Crippen LogP contribution in [0.2, 0.25) is 33.2 Å². The van der Waals surface area contributed by atoms with E-state index in [1.165, 1.54) is 283 Å². The summed E-state index contributed by atoms with van der Waals surface area (Å²) in [6, 6.07) is 5.87. The normalized spacial score (nSPS) is 14.6. The summed E-state index contributed by atoms with van der Waals surface area (Å²) in [5.41, 5.74) is 13.6. The maximum atomic E-state index is 6.39. The third-order valence-corrected chi connectivity index (χ3v) is 40.8. The largest absolute Gasteiger partial charge is 0.250 e. The first-order valence-electron chi connectivity index (χ1n) is 38.8. The summed E-state index contributed by atoms with van der Waals surface area (Å²) in [4.78, 5) is 16.0. The predicted octanol–water partition coefficient (Wildman–Crippen LogP) is 28.1. The van der Waals surface area contributed by atoms with Gasteiger partial charge in [0.05, 0.1) is 30.4 Å². The van der Waals surface area contributed by atoms with Crippen LogP contribution < -0.4 is 9.26 Å². The van der Waals surface area contributed by atoms with Crippen molar-refractivity contribution in [1.82, 2.24) is 9.97 Å². The van der Waals surface area contributed by atoms with Gasteiger partial charge in [0.25, 0.3) is 0 Å². The first-order valence-corrected chi connectivity index (χ1v) is 44.9. The molecule has 6 heteroatoms. The van der Waals surface area contributed by atoms with Crippen LogP contribution in [0, 0.1) is 0 Å². The summed E-state index contributed by atoms with van der Waals surface area (Å²) in [5, 5.41) is 0. The van der Waals surface area contributed by atoms with Gasteiger partial charge in [0, 0.05) is 10.8 Å². The number of aromatic nitrogens is 2. The summed E-state index contributed by atoms with van der Waals surface area (Å²) in [6.07, 6.45) is 60.7. The molecule has 0 saturated carbocycles. The molecular formula is C80H144N2S2Si2. The van der Waals surface area contributed by atoms with E-state index in [0.29, 0.717) is 33.2 Å². The van der Waals surface area contributed by atoms with Gasteiger partial charge in [0.2, 0.25) is 0 Å². The zero-order valence-electron chi connectivity index (χ0n) is 60.4. The average Bonchev–Trinajstić information content (AvgIpc) is 1.57. The van der Waals surface area contributed by atoms with E-state index in [9.17, 15) is 0 Å². The van der Waals surface area contributed by atoms with E-state index in [4.69, 9.17) is 9.97 Å². The van der Waals surface area contributed by atoms with E-state index < -0.39 is 16.1 Å². The van der Waals surface area contributed by atoms with E-state index in [1.807, 2.05) is 0 Å². The third kappa shape index (κ3) is 19.0. The Morgan fingerprint density at radius 1 is 0.291 bits per heavy atom. The molecule has 86 heavy (non-hydrogen) atoms. The molecular weight excluding hydrogens is 1110 g/mol. The Labute approximate surface area is 547 Å². The van der Waals surface area contributed by atoms with Gasteiger partial charge in [0.1, 0.15) is 16.1 Å². The zero-order chi connectivity index (χ0) is 62.6. The Morgan fingerprint density at radius 2 is 0.477 bits per heavy atom. The van der Waals surface area contributed by atoms with Crippen LogP contribution in [-0.4, -0.2) is 26.1 Å². The van der Waals surface area contributed by atoms with Gasteiger partial charge in [-0.05, 0) is 93.3 Å². The molecule has 0 atom stereocenters. The van der Waals surface area contributed by atoms with Crippen LogP contribution in [-0.2, 0) is 10.8 Å². The van der Waals surface area contributed by atoms with Crippen LogP contribution in [0.4, 0.5) is 0 Å². The summed E-state index contributed by atoms with van der Waals surface area (Å²) >= 11 is 4.47. The zero-order valence-corrected chi connectivity index (χ0v) is 64.1. The molecule has 494 valence electrons. The van der Waals surface area contributed by atoms with E-state index in [0.717, 1.165) is 0 Å². The van der Waals surface area contributed by atoms with Gasteiger partial charge >= 0.3 is 0 Å². The number of rotatable bonds is 52. The fourth-order valence-corrected chi connectivity index (χ4v) is 38.2. The third-order valence-electron chi connectivity index (χ3n) is 23.1. The molecule has 0 bridgehead atoms. The molecule has 1 aromatic carbocycles. The van der Waals surface area contributed by atoms with Crippen molar-refractivity contribution in [3.63, 3.8) is 0 Å². The van der Waals surface area contributed by atoms with E-state index in [1.54, 1.807) is 52.7 Å². The molecule has 2 aromatic heterocycles. The molecule has 0 aliphatic heterocycles. The van der Waals surface area contributed by atoms with Crippen LogP contribution in [0.25, 0.3) is 20.9 Å². The lowest BCUT2D eigenvalue weighted by atomic mass is 9.70.